The molecular formula is C7H10O4. The molecule has 0 amide bonds. The molecule has 0 bridgehead atoms. The molecule has 4 heteroatoms. The van der Waals surface area contributed by atoms with Crippen molar-refractivity contribution in [3.05, 3.63) is 24.2 Å². The molecule has 0 aromatic carbocycles. The largest absolute Gasteiger partial charge is 0.481 e. The average Bonchev–Trinajstić information content (AvgIpc) is 1.87. The van der Waals surface area contributed by atoms with E-state index >= 15 is 0 Å². The first kappa shape index (κ1) is 9.71. The third-order valence-corrected chi connectivity index (χ3v) is 0.812. The zero-order valence-electron chi connectivity index (χ0n) is 6.20. The summed E-state index contributed by atoms with van der Waals surface area (Å²) in [4.78, 5) is 10.6. The number of carbonyl (C=O) groups excluding carboxylic acids is 1. The summed E-state index contributed by atoms with van der Waals surface area (Å²) in [5, 5.41) is 16.9. The molecular weight excluding hydrogens is 148 g/mol. The number of aliphatic hydroxyl groups excluding tert-OH is 2. The van der Waals surface area contributed by atoms with Gasteiger partial charge in [-0.15, -0.1) is 0 Å². The van der Waals surface area contributed by atoms with Crippen LogP contribution in [0.15, 0.2) is 24.2 Å². The molecule has 0 heterocycles. The van der Waals surface area contributed by atoms with E-state index in [1.807, 2.05) is 0 Å². The Hall–Kier alpha value is -1.29. The molecule has 0 saturated carbocycles. The molecule has 0 aromatic heterocycles. The Morgan fingerprint density at radius 3 is 2.64 bits per heavy atom. The number of aliphatic hydroxyl groups is 2. The van der Waals surface area contributed by atoms with Crippen LogP contribution in [-0.4, -0.2) is 22.8 Å². The van der Waals surface area contributed by atoms with Gasteiger partial charge in [0.15, 0.2) is 0 Å². The van der Waals surface area contributed by atoms with Crippen LogP contribution in [0.4, 0.5) is 0 Å². The Balaban J connectivity index is 3.95. The second-order valence-electron chi connectivity index (χ2n) is 1.89. The van der Waals surface area contributed by atoms with Crippen molar-refractivity contribution >= 4 is 5.97 Å². The maximum atomic E-state index is 10.6. The Kier molecular flexibility index (Phi) is 3.98. The molecule has 0 rings (SSSR count). The van der Waals surface area contributed by atoms with E-state index in [4.69, 9.17) is 10.2 Å². The van der Waals surface area contributed by atoms with Gasteiger partial charge in [0, 0.05) is 11.6 Å². The predicted molar refractivity (Wildman–Crippen MR) is 38.7 cm³/mol. The van der Waals surface area contributed by atoms with E-state index in [-0.39, 0.29) is 12.2 Å². The van der Waals surface area contributed by atoms with E-state index in [1.54, 1.807) is 0 Å². The fourth-order valence-corrected chi connectivity index (χ4v) is 0.302. The average molecular weight is 158 g/mol. The number of hydrogen-bond donors (Lipinski definition) is 2. The molecule has 0 radical (unpaired) electrons. The number of esters is 1. The van der Waals surface area contributed by atoms with Gasteiger partial charge in [-0.25, -0.2) is 4.79 Å². The molecule has 0 spiro atoms. The topological polar surface area (TPSA) is 66.8 Å². The highest BCUT2D eigenvalue weighted by Gasteiger charge is 2.04. The van der Waals surface area contributed by atoms with E-state index in [0.717, 1.165) is 6.08 Å². The predicted octanol–water partition coefficient (Wildman–Crippen LogP) is 0.497. The van der Waals surface area contributed by atoms with Gasteiger partial charge in [-0.3, -0.25) is 0 Å². The van der Waals surface area contributed by atoms with Gasteiger partial charge >= 0.3 is 5.97 Å². The summed E-state index contributed by atoms with van der Waals surface area (Å²) in [5.41, 5.74) is 0.183. The zero-order chi connectivity index (χ0) is 8.85. The molecule has 11 heavy (non-hydrogen) atoms. The van der Waals surface area contributed by atoms with Gasteiger partial charge in [-0.2, -0.15) is 0 Å². The Bertz CT molecular complexity index is 193. The summed E-state index contributed by atoms with van der Waals surface area (Å²) in [6.45, 7) is 4.37. The van der Waals surface area contributed by atoms with E-state index in [1.165, 1.54) is 6.92 Å². The molecule has 0 atom stereocenters. The normalized spacial score (nSPS) is 10.9. The first-order chi connectivity index (χ1) is 5.07. The summed E-state index contributed by atoms with van der Waals surface area (Å²) in [6.07, 6.45) is 0.959. The van der Waals surface area contributed by atoms with Crippen LogP contribution in [0.5, 0.6) is 0 Å². The third-order valence-electron chi connectivity index (χ3n) is 0.812. The molecule has 0 saturated heterocycles. The molecule has 0 fully saturated rings. The lowest BCUT2D eigenvalue weighted by molar-refractivity contribution is -0.138. The molecule has 0 aliphatic carbocycles. The molecule has 0 aliphatic heterocycles. The van der Waals surface area contributed by atoms with Crippen LogP contribution in [0.25, 0.3) is 0 Å². The van der Waals surface area contributed by atoms with Crippen molar-refractivity contribution in [1.29, 1.82) is 0 Å². The van der Waals surface area contributed by atoms with Gasteiger partial charge in [-0.1, -0.05) is 6.58 Å². The van der Waals surface area contributed by atoms with E-state index in [9.17, 15) is 4.79 Å². The maximum absolute atomic E-state index is 10.6. The number of carbonyl (C=O) groups is 1. The Labute approximate surface area is 64.4 Å². The summed E-state index contributed by atoms with van der Waals surface area (Å²) >= 11 is 0. The van der Waals surface area contributed by atoms with Crippen LogP contribution < -0.4 is 0 Å². The van der Waals surface area contributed by atoms with Crippen molar-refractivity contribution < 1.29 is 19.7 Å². The first-order valence-corrected chi connectivity index (χ1v) is 2.95. The summed E-state index contributed by atoms with van der Waals surface area (Å²) < 4.78 is 4.27. The van der Waals surface area contributed by atoms with Crippen molar-refractivity contribution in [3.8, 4) is 0 Å². The zero-order valence-corrected chi connectivity index (χ0v) is 6.20. The van der Waals surface area contributed by atoms with Gasteiger partial charge in [0.25, 0.3) is 5.95 Å². The smallest absolute Gasteiger partial charge is 0.340 e. The summed E-state index contributed by atoms with van der Waals surface area (Å²) in [7, 11) is 0. The summed E-state index contributed by atoms with van der Waals surface area (Å²) in [6, 6.07) is 0. The number of hydrogen-bond acceptors (Lipinski definition) is 4. The van der Waals surface area contributed by atoms with Crippen LogP contribution in [0.2, 0.25) is 0 Å². The van der Waals surface area contributed by atoms with E-state index in [0.29, 0.717) is 0 Å². The van der Waals surface area contributed by atoms with Gasteiger partial charge in [0.05, 0.1) is 6.61 Å². The van der Waals surface area contributed by atoms with Crippen LogP contribution in [0.1, 0.15) is 6.92 Å². The second-order valence-corrected chi connectivity index (χ2v) is 1.89. The lowest BCUT2D eigenvalue weighted by Crippen LogP contribution is -2.04. The molecule has 62 valence electrons. The third kappa shape index (κ3) is 4.16. The highest BCUT2D eigenvalue weighted by Crippen LogP contribution is 1.97. The molecule has 2 N–H and O–H groups in total. The van der Waals surface area contributed by atoms with Gasteiger partial charge < -0.3 is 14.9 Å². The van der Waals surface area contributed by atoms with Gasteiger partial charge in [0.1, 0.15) is 0 Å². The second kappa shape index (κ2) is 4.51. The van der Waals surface area contributed by atoms with Crippen LogP contribution >= 0.6 is 0 Å². The van der Waals surface area contributed by atoms with Crippen molar-refractivity contribution in [2.24, 2.45) is 0 Å². The minimum Gasteiger partial charge on any atom is -0.481 e. The molecule has 0 aliphatic rings. The summed E-state index contributed by atoms with van der Waals surface area (Å²) in [5.74, 6) is -1.33. The standard InChI is InChI=1S/C7H10O4/c1-5(2)7(10)11-6(9)3-4-8/h3,8-9H,1,4H2,2H3/b6-3-. The van der Waals surface area contributed by atoms with Crippen molar-refractivity contribution in [2.45, 2.75) is 6.92 Å². The van der Waals surface area contributed by atoms with Crippen LogP contribution in [0.3, 0.4) is 0 Å². The van der Waals surface area contributed by atoms with E-state index in [2.05, 4.69) is 11.3 Å². The number of rotatable bonds is 3. The lowest BCUT2D eigenvalue weighted by atomic mass is 10.4. The van der Waals surface area contributed by atoms with Gasteiger partial charge in [0.2, 0.25) is 0 Å². The molecule has 0 unspecified atom stereocenters. The monoisotopic (exact) mass is 158 g/mol. The minimum atomic E-state index is -0.716. The quantitative estimate of drug-likeness (QED) is 0.356. The fourth-order valence-electron chi connectivity index (χ4n) is 0.302. The Morgan fingerprint density at radius 2 is 2.27 bits per heavy atom. The fraction of sp³-hybridized carbons (Fsp3) is 0.286. The van der Waals surface area contributed by atoms with Crippen LogP contribution in [0, 0.1) is 0 Å². The first-order valence-electron chi connectivity index (χ1n) is 2.95. The maximum Gasteiger partial charge on any atom is 0.340 e. The van der Waals surface area contributed by atoms with Crippen molar-refractivity contribution in [2.75, 3.05) is 6.61 Å². The SMILES string of the molecule is C=C(C)C(=O)O/C(O)=C\CO. The highest BCUT2D eigenvalue weighted by molar-refractivity contribution is 5.87. The molecule has 4 nitrogen and oxygen atoms in total. The highest BCUT2D eigenvalue weighted by atomic mass is 16.6. The van der Waals surface area contributed by atoms with Crippen molar-refractivity contribution in [1.82, 2.24) is 0 Å². The van der Waals surface area contributed by atoms with E-state index < -0.39 is 11.9 Å². The number of ether oxygens (including phenoxy) is 1. The van der Waals surface area contributed by atoms with Gasteiger partial charge in [-0.05, 0) is 6.92 Å². The van der Waals surface area contributed by atoms with Crippen LogP contribution in [-0.2, 0) is 9.53 Å². The Morgan fingerprint density at radius 1 is 1.73 bits per heavy atom. The lowest BCUT2D eigenvalue weighted by Gasteiger charge is -1.99. The van der Waals surface area contributed by atoms with Crippen molar-refractivity contribution in [3.63, 3.8) is 0 Å². The molecule has 0 aromatic rings. The minimum absolute atomic E-state index is 0.183.